The topological polar surface area (TPSA) is 63.1 Å². The van der Waals surface area contributed by atoms with Gasteiger partial charge in [-0.15, -0.1) is 10.2 Å². The largest absolute Gasteiger partial charge is 0.302 e. The maximum atomic E-state index is 10.8. The van der Waals surface area contributed by atoms with E-state index in [-0.39, 0.29) is 15.2 Å². The zero-order valence-corrected chi connectivity index (χ0v) is 9.47. The van der Waals surface area contributed by atoms with Crippen molar-refractivity contribution in [2.45, 2.75) is 4.90 Å². The van der Waals surface area contributed by atoms with Crippen LogP contribution in [0.15, 0.2) is 23.1 Å². The van der Waals surface area contributed by atoms with E-state index in [9.17, 15) is 4.21 Å². The van der Waals surface area contributed by atoms with Gasteiger partial charge in [0, 0.05) is 10.8 Å². The second-order valence-corrected chi connectivity index (χ2v) is 4.42. The molecule has 0 fully saturated rings. The Kier molecular flexibility index (Phi) is 2.88. The molecule has 0 aliphatic heterocycles. The van der Waals surface area contributed by atoms with Crippen LogP contribution in [0.2, 0.25) is 10.3 Å². The zero-order chi connectivity index (χ0) is 11.0. The van der Waals surface area contributed by atoms with Gasteiger partial charge in [-0.25, -0.2) is 4.21 Å². The molecule has 0 aliphatic rings. The second-order valence-electron chi connectivity index (χ2n) is 2.74. The molecule has 0 spiro atoms. The molecule has 1 aromatic carbocycles. The van der Waals surface area contributed by atoms with Gasteiger partial charge in [-0.2, -0.15) is 0 Å². The Morgan fingerprint density at radius 3 is 2.33 bits per heavy atom. The van der Waals surface area contributed by atoms with Gasteiger partial charge < -0.3 is 4.55 Å². The van der Waals surface area contributed by atoms with Crippen molar-refractivity contribution in [1.29, 1.82) is 0 Å². The lowest BCUT2D eigenvalue weighted by Crippen LogP contribution is -1.91. The van der Waals surface area contributed by atoms with E-state index < -0.39 is 11.1 Å². The molecular weight excluding hydrogens is 259 g/mol. The van der Waals surface area contributed by atoms with Crippen LogP contribution < -0.4 is 0 Å². The summed E-state index contributed by atoms with van der Waals surface area (Å²) in [7, 11) is 0. The average Bonchev–Trinajstić information content (AvgIpc) is 2.23. The van der Waals surface area contributed by atoms with E-state index >= 15 is 0 Å². The third-order valence-corrected chi connectivity index (χ3v) is 3.08. The van der Waals surface area contributed by atoms with Gasteiger partial charge in [0.15, 0.2) is 21.4 Å². The Balaban J connectivity index is 2.81. The number of rotatable bonds is 1. The van der Waals surface area contributed by atoms with Crippen LogP contribution in [0.4, 0.5) is 0 Å². The molecular formula is C8H4Cl2N2O2S. The summed E-state index contributed by atoms with van der Waals surface area (Å²) < 4.78 is 19.7. The lowest BCUT2D eigenvalue weighted by Gasteiger charge is -2.02. The number of fused-ring (bicyclic) bond motifs is 1. The summed E-state index contributed by atoms with van der Waals surface area (Å²) in [6, 6.07) is 4.54. The molecule has 1 aromatic heterocycles. The van der Waals surface area contributed by atoms with Crippen LogP contribution in [0.3, 0.4) is 0 Å². The van der Waals surface area contributed by atoms with Gasteiger partial charge >= 0.3 is 0 Å². The zero-order valence-electron chi connectivity index (χ0n) is 7.15. The lowest BCUT2D eigenvalue weighted by molar-refractivity contribution is 0.564. The molecule has 7 heteroatoms. The minimum Gasteiger partial charge on any atom is -0.302 e. The molecule has 0 radical (unpaired) electrons. The summed E-state index contributed by atoms with van der Waals surface area (Å²) in [6.07, 6.45) is 0. The standard InChI is InChI=1S/C8H4Cl2N2O2S/c9-7-5-2-1-4(15(13)14)3-6(5)8(10)12-11-7/h1-3H,(H,13,14). The average molecular weight is 263 g/mol. The summed E-state index contributed by atoms with van der Waals surface area (Å²) in [4.78, 5) is 0.244. The van der Waals surface area contributed by atoms with Crippen molar-refractivity contribution in [2.24, 2.45) is 0 Å². The summed E-state index contributed by atoms with van der Waals surface area (Å²) in [5.41, 5.74) is 0. The highest BCUT2D eigenvalue weighted by Gasteiger charge is 2.08. The fourth-order valence-electron chi connectivity index (χ4n) is 1.18. The number of hydrogen-bond acceptors (Lipinski definition) is 3. The first-order valence-electron chi connectivity index (χ1n) is 3.82. The van der Waals surface area contributed by atoms with Crippen molar-refractivity contribution in [3.05, 3.63) is 28.5 Å². The molecule has 0 amide bonds. The monoisotopic (exact) mass is 262 g/mol. The van der Waals surface area contributed by atoms with Crippen molar-refractivity contribution in [1.82, 2.24) is 10.2 Å². The first-order chi connectivity index (χ1) is 7.09. The van der Waals surface area contributed by atoms with Crippen LogP contribution in [0.5, 0.6) is 0 Å². The van der Waals surface area contributed by atoms with E-state index in [2.05, 4.69) is 10.2 Å². The Morgan fingerprint density at radius 1 is 1.13 bits per heavy atom. The molecule has 0 bridgehead atoms. The van der Waals surface area contributed by atoms with Gasteiger partial charge in [-0.05, 0) is 18.2 Å². The van der Waals surface area contributed by atoms with Crippen molar-refractivity contribution < 1.29 is 8.76 Å². The smallest absolute Gasteiger partial charge is 0.186 e. The van der Waals surface area contributed by atoms with Crippen LogP contribution >= 0.6 is 23.2 Å². The van der Waals surface area contributed by atoms with E-state index in [0.717, 1.165) is 0 Å². The summed E-state index contributed by atoms with van der Waals surface area (Å²) in [5, 5.41) is 8.72. The predicted octanol–water partition coefficient (Wildman–Crippen LogP) is 2.52. The van der Waals surface area contributed by atoms with Crippen LogP contribution in [-0.2, 0) is 11.1 Å². The summed E-state index contributed by atoms with van der Waals surface area (Å²) >= 11 is 9.53. The molecule has 4 nitrogen and oxygen atoms in total. The molecule has 1 N–H and O–H groups in total. The molecule has 2 aromatic rings. The van der Waals surface area contributed by atoms with E-state index in [1.54, 1.807) is 6.07 Å². The third-order valence-electron chi connectivity index (χ3n) is 1.86. The minimum absolute atomic E-state index is 0.154. The Morgan fingerprint density at radius 2 is 1.73 bits per heavy atom. The molecule has 0 saturated heterocycles. The number of nitrogens with zero attached hydrogens (tertiary/aromatic N) is 2. The number of benzene rings is 1. The number of aromatic nitrogens is 2. The molecule has 78 valence electrons. The Bertz CT molecular complexity index is 562. The van der Waals surface area contributed by atoms with Gasteiger partial charge in [-0.1, -0.05) is 23.2 Å². The summed E-state index contributed by atoms with van der Waals surface area (Å²) in [6.45, 7) is 0. The van der Waals surface area contributed by atoms with Crippen molar-refractivity contribution in [3.8, 4) is 0 Å². The van der Waals surface area contributed by atoms with E-state index in [0.29, 0.717) is 10.8 Å². The third kappa shape index (κ3) is 1.96. The minimum atomic E-state index is -2.05. The van der Waals surface area contributed by atoms with E-state index in [4.69, 9.17) is 27.8 Å². The van der Waals surface area contributed by atoms with Gasteiger partial charge in [-0.3, -0.25) is 0 Å². The van der Waals surface area contributed by atoms with Crippen molar-refractivity contribution in [3.63, 3.8) is 0 Å². The molecule has 15 heavy (non-hydrogen) atoms. The highest BCUT2D eigenvalue weighted by atomic mass is 35.5. The van der Waals surface area contributed by atoms with Gasteiger partial charge in [0.2, 0.25) is 0 Å². The maximum Gasteiger partial charge on any atom is 0.186 e. The number of hydrogen-bond donors (Lipinski definition) is 1. The fraction of sp³-hybridized carbons (Fsp3) is 0. The van der Waals surface area contributed by atoms with Gasteiger partial charge in [0.1, 0.15) is 0 Å². The summed E-state index contributed by atoms with van der Waals surface area (Å²) in [5.74, 6) is 0. The highest BCUT2D eigenvalue weighted by Crippen LogP contribution is 2.27. The SMILES string of the molecule is O=S(O)c1ccc2c(Cl)nnc(Cl)c2c1. The Labute approximate surface area is 97.5 Å². The quantitative estimate of drug-likeness (QED) is 0.803. The second kappa shape index (κ2) is 4.02. The van der Waals surface area contributed by atoms with E-state index in [1.807, 2.05) is 0 Å². The molecule has 1 atom stereocenters. The van der Waals surface area contributed by atoms with Crippen molar-refractivity contribution in [2.75, 3.05) is 0 Å². The fourth-order valence-corrected chi connectivity index (χ4v) is 1.98. The van der Waals surface area contributed by atoms with Gasteiger partial charge in [0.25, 0.3) is 0 Å². The van der Waals surface area contributed by atoms with Crippen LogP contribution in [-0.4, -0.2) is 19.0 Å². The molecule has 1 unspecified atom stereocenters. The van der Waals surface area contributed by atoms with Crippen LogP contribution in [0.1, 0.15) is 0 Å². The first-order valence-corrected chi connectivity index (χ1v) is 5.68. The number of halogens is 2. The van der Waals surface area contributed by atoms with Crippen LogP contribution in [0, 0.1) is 0 Å². The first kappa shape index (κ1) is 10.8. The van der Waals surface area contributed by atoms with Crippen molar-refractivity contribution >= 4 is 45.1 Å². The lowest BCUT2D eigenvalue weighted by atomic mass is 10.2. The van der Waals surface area contributed by atoms with Gasteiger partial charge in [0.05, 0.1) is 4.90 Å². The Hall–Kier alpha value is -0.750. The highest BCUT2D eigenvalue weighted by molar-refractivity contribution is 7.79. The maximum absolute atomic E-state index is 10.8. The molecule has 1 heterocycles. The van der Waals surface area contributed by atoms with Crippen LogP contribution in [0.25, 0.3) is 10.8 Å². The normalized spacial score (nSPS) is 13.0. The van der Waals surface area contributed by atoms with E-state index in [1.165, 1.54) is 12.1 Å². The molecule has 0 aliphatic carbocycles. The predicted molar refractivity (Wildman–Crippen MR) is 58.6 cm³/mol. The molecule has 0 saturated carbocycles. The molecule has 2 rings (SSSR count).